The average molecular weight is 242 g/mol. The molecule has 0 aliphatic rings. The van der Waals surface area contributed by atoms with Gasteiger partial charge >= 0.3 is 11.9 Å². The molecule has 0 saturated carbocycles. The van der Waals surface area contributed by atoms with E-state index in [-0.39, 0.29) is 18.6 Å². The maximum Gasteiger partial charge on any atom is 0.321 e. The molecule has 1 unspecified atom stereocenters. The normalized spacial score (nSPS) is 12.6. The van der Waals surface area contributed by atoms with Gasteiger partial charge in [-0.2, -0.15) is 0 Å². The zero-order chi connectivity index (χ0) is 13.6. The molecule has 0 aromatic heterocycles. The Morgan fingerprint density at radius 3 is 2.24 bits per heavy atom. The van der Waals surface area contributed by atoms with Crippen LogP contribution in [0.5, 0.6) is 0 Å². The lowest BCUT2D eigenvalue weighted by Gasteiger charge is -2.21. The van der Waals surface area contributed by atoms with Gasteiger partial charge in [-0.1, -0.05) is 6.08 Å². The molecule has 96 valence electrons. The summed E-state index contributed by atoms with van der Waals surface area (Å²) in [6.45, 7) is 8.28. The molecule has 0 amide bonds. The molecule has 17 heavy (non-hydrogen) atoms. The second-order valence-electron chi connectivity index (χ2n) is 4.66. The maximum atomic E-state index is 11.6. The van der Waals surface area contributed by atoms with Crippen LogP contribution in [0.15, 0.2) is 12.7 Å². The van der Waals surface area contributed by atoms with Crippen molar-refractivity contribution in [2.24, 2.45) is 5.92 Å². The van der Waals surface area contributed by atoms with E-state index in [1.165, 1.54) is 6.08 Å². The van der Waals surface area contributed by atoms with Gasteiger partial charge in [-0.3, -0.25) is 14.4 Å². The molecule has 0 aliphatic heterocycles. The van der Waals surface area contributed by atoms with E-state index in [4.69, 9.17) is 9.84 Å². The summed E-state index contributed by atoms with van der Waals surface area (Å²) in [4.78, 5) is 33.7. The summed E-state index contributed by atoms with van der Waals surface area (Å²) in [6, 6.07) is 0. The van der Waals surface area contributed by atoms with Crippen molar-refractivity contribution in [1.82, 2.24) is 0 Å². The molecule has 0 aliphatic carbocycles. The quantitative estimate of drug-likeness (QED) is 0.434. The fraction of sp³-hybridized carbons (Fsp3) is 0.583. The number of ketones is 1. The van der Waals surface area contributed by atoms with E-state index in [0.29, 0.717) is 0 Å². The summed E-state index contributed by atoms with van der Waals surface area (Å²) in [7, 11) is 0. The summed E-state index contributed by atoms with van der Waals surface area (Å²) in [6.07, 6.45) is 1.05. The average Bonchev–Trinajstić information content (AvgIpc) is 2.11. The molecule has 1 atom stereocenters. The van der Waals surface area contributed by atoms with Crippen LogP contribution in [0.25, 0.3) is 0 Å². The van der Waals surface area contributed by atoms with Crippen molar-refractivity contribution < 1.29 is 24.2 Å². The highest BCUT2D eigenvalue weighted by Crippen LogP contribution is 2.15. The van der Waals surface area contributed by atoms with Gasteiger partial charge in [0, 0.05) is 12.8 Å². The molecular weight excluding hydrogens is 224 g/mol. The highest BCUT2D eigenvalue weighted by molar-refractivity contribution is 5.98. The zero-order valence-electron chi connectivity index (χ0n) is 10.4. The highest BCUT2D eigenvalue weighted by atomic mass is 16.6. The number of Topliss-reactive ketones (excluding diaryl/α,β-unsaturated/α-hetero) is 1. The maximum absolute atomic E-state index is 11.6. The van der Waals surface area contributed by atoms with Gasteiger partial charge in [0.25, 0.3) is 0 Å². The number of carbonyl (C=O) groups is 3. The Balaban J connectivity index is 4.64. The van der Waals surface area contributed by atoms with Crippen molar-refractivity contribution in [3.05, 3.63) is 12.7 Å². The Bertz CT molecular complexity index is 324. The van der Waals surface area contributed by atoms with Crippen LogP contribution >= 0.6 is 0 Å². The van der Waals surface area contributed by atoms with Crippen molar-refractivity contribution in [3.63, 3.8) is 0 Å². The van der Waals surface area contributed by atoms with Crippen LogP contribution in [-0.4, -0.2) is 28.4 Å². The SMILES string of the molecule is C=CCC(=O)CC(C(=O)O)C(=O)OC(C)(C)C. The van der Waals surface area contributed by atoms with E-state index in [1.54, 1.807) is 20.8 Å². The lowest BCUT2D eigenvalue weighted by atomic mass is 10.0. The van der Waals surface area contributed by atoms with Crippen molar-refractivity contribution in [2.45, 2.75) is 39.2 Å². The number of hydrogen-bond acceptors (Lipinski definition) is 4. The topological polar surface area (TPSA) is 80.7 Å². The standard InChI is InChI=1S/C12H18O5/c1-5-6-8(13)7-9(10(14)15)11(16)17-12(2,3)4/h5,9H,1,6-7H2,2-4H3,(H,14,15). The van der Waals surface area contributed by atoms with Gasteiger partial charge in [-0.05, 0) is 20.8 Å². The van der Waals surface area contributed by atoms with Crippen molar-refractivity contribution in [2.75, 3.05) is 0 Å². The van der Waals surface area contributed by atoms with Gasteiger partial charge in [-0.15, -0.1) is 6.58 Å². The number of hydrogen-bond donors (Lipinski definition) is 1. The Labute approximate surface area is 100 Å². The largest absolute Gasteiger partial charge is 0.481 e. The molecule has 0 aromatic rings. The van der Waals surface area contributed by atoms with Crippen molar-refractivity contribution in [3.8, 4) is 0 Å². The van der Waals surface area contributed by atoms with Crippen LogP contribution in [0.4, 0.5) is 0 Å². The number of carboxylic acids is 1. The minimum atomic E-state index is -1.44. The van der Waals surface area contributed by atoms with Crippen LogP contribution in [0, 0.1) is 5.92 Å². The Morgan fingerprint density at radius 2 is 1.88 bits per heavy atom. The molecule has 0 fully saturated rings. The number of carbonyl (C=O) groups excluding carboxylic acids is 2. The van der Waals surface area contributed by atoms with E-state index in [0.717, 1.165) is 0 Å². The van der Waals surface area contributed by atoms with Crippen LogP contribution in [0.2, 0.25) is 0 Å². The lowest BCUT2D eigenvalue weighted by molar-refractivity contribution is -0.168. The van der Waals surface area contributed by atoms with Crippen LogP contribution < -0.4 is 0 Å². The molecule has 5 heteroatoms. The third kappa shape index (κ3) is 6.50. The van der Waals surface area contributed by atoms with Gasteiger partial charge < -0.3 is 9.84 Å². The monoisotopic (exact) mass is 242 g/mol. The number of allylic oxidation sites excluding steroid dienone is 1. The molecule has 0 radical (unpaired) electrons. The molecule has 1 N–H and O–H groups in total. The predicted octanol–water partition coefficient (Wildman–Crippen LogP) is 1.56. The summed E-state index contributed by atoms with van der Waals surface area (Å²) in [5, 5.41) is 8.88. The van der Waals surface area contributed by atoms with Gasteiger partial charge in [0.15, 0.2) is 5.92 Å². The predicted molar refractivity (Wildman–Crippen MR) is 61.4 cm³/mol. The number of aliphatic carboxylic acids is 1. The number of carboxylic acid groups (broad SMARTS) is 1. The summed E-state index contributed by atoms with van der Waals surface area (Å²) in [5.41, 5.74) is -0.772. The Morgan fingerprint density at radius 1 is 1.35 bits per heavy atom. The second-order valence-corrected chi connectivity index (χ2v) is 4.66. The minimum absolute atomic E-state index is 0.0482. The Hall–Kier alpha value is -1.65. The molecule has 0 rings (SSSR count). The smallest absolute Gasteiger partial charge is 0.321 e. The molecule has 0 aromatic carbocycles. The summed E-state index contributed by atoms with van der Waals surface area (Å²) < 4.78 is 4.94. The molecular formula is C12H18O5. The van der Waals surface area contributed by atoms with Crippen LogP contribution in [0.3, 0.4) is 0 Å². The fourth-order valence-corrected chi connectivity index (χ4v) is 1.12. The fourth-order valence-electron chi connectivity index (χ4n) is 1.12. The minimum Gasteiger partial charge on any atom is -0.481 e. The molecule has 0 heterocycles. The molecule has 0 saturated heterocycles. The number of ether oxygens (including phenoxy) is 1. The van der Waals surface area contributed by atoms with E-state index < -0.39 is 23.5 Å². The molecule has 0 bridgehead atoms. The van der Waals surface area contributed by atoms with E-state index in [1.807, 2.05) is 0 Å². The Kier molecular flexibility index (Phi) is 5.58. The third-order valence-electron chi connectivity index (χ3n) is 1.79. The van der Waals surface area contributed by atoms with Gasteiger partial charge in [-0.25, -0.2) is 0 Å². The first-order valence-corrected chi connectivity index (χ1v) is 5.25. The first kappa shape index (κ1) is 15.3. The molecule has 0 spiro atoms. The summed E-state index contributed by atoms with van der Waals surface area (Å²) in [5.74, 6) is -4.03. The van der Waals surface area contributed by atoms with Crippen LogP contribution in [-0.2, 0) is 19.1 Å². The van der Waals surface area contributed by atoms with Gasteiger partial charge in [0.05, 0.1) is 0 Å². The molecule has 5 nitrogen and oxygen atoms in total. The number of esters is 1. The first-order valence-electron chi connectivity index (χ1n) is 5.25. The van der Waals surface area contributed by atoms with Crippen molar-refractivity contribution >= 4 is 17.7 Å². The van der Waals surface area contributed by atoms with Gasteiger partial charge in [0.2, 0.25) is 0 Å². The lowest BCUT2D eigenvalue weighted by Crippen LogP contribution is -2.34. The number of rotatable bonds is 6. The van der Waals surface area contributed by atoms with Crippen molar-refractivity contribution in [1.29, 1.82) is 0 Å². The van der Waals surface area contributed by atoms with E-state index >= 15 is 0 Å². The van der Waals surface area contributed by atoms with E-state index in [2.05, 4.69) is 6.58 Å². The second kappa shape index (κ2) is 6.18. The van der Waals surface area contributed by atoms with E-state index in [9.17, 15) is 14.4 Å². The highest BCUT2D eigenvalue weighted by Gasteiger charge is 2.32. The van der Waals surface area contributed by atoms with Gasteiger partial charge in [0.1, 0.15) is 11.4 Å². The zero-order valence-corrected chi connectivity index (χ0v) is 10.4. The summed E-state index contributed by atoms with van der Waals surface area (Å²) >= 11 is 0. The third-order valence-corrected chi connectivity index (χ3v) is 1.79. The van der Waals surface area contributed by atoms with Crippen LogP contribution in [0.1, 0.15) is 33.6 Å². The first-order chi connectivity index (χ1) is 7.67.